The molecule has 0 saturated carbocycles. The standard InChI is InChI=1S/C18H16F3NO/c1-11(23)17-10-15(14-4-2-3-5-16(14)22-17)12-6-8-13(9-7-12)18(19,20)21/h6-10H,2-5H2,1H3. The van der Waals surface area contributed by atoms with Gasteiger partial charge in [-0.2, -0.15) is 13.2 Å². The fourth-order valence-electron chi connectivity index (χ4n) is 2.98. The molecule has 1 aromatic heterocycles. The van der Waals surface area contributed by atoms with Crippen LogP contribution in [0.3, 0.4) is 0 Å². The highest BCUT2D eigenvalue weighted by atomic mass is 19.4. The maximum atomic E-state index is 12.7. The van der Waals surface area contributed by atoms with Gasteiger partial charge in [-0.15, -0.1) is 0 Å². The molecule has 0 unspecified atom stereocenters. The molecule has 0 fully saturated rings. The van der Waals surface area contributed by atoms with Gasteiger partial charge < -0.3 is 0 Å². The number of carbonyl (C=O) groups is 1. The summed E-state index contributed by atoms with van der Waals surface area (Å²) < 4.78 is 38.1. The number of nitrogens with zero attached hydrogens (tertiary/aromatic N) is 1. The number of fused-ring (bicyclic) bond motifs is 1. The number of alkyl halides is 3. The lowest BCUT2D eigenvalue weighted by Crippen LogP contribution is -2.11. The van der Waals surface area contributed by atoms with Gasteiger partial charge in [0.05, 0.1) is 5.56 Å². The van der Waals surface area contributed by atoms with Crippen LogP contribution in [-0.2, 0) is 19.0 Å². The van der Waals surface area contributed by atoms with Crippen molar-refractivity contribution in [3.05, 3.63) is 52.8 Å². The third-order valence-corrected chi connectivity index (χ3v) is 4.18. The first-order valence-corrected chi connectivity index (χ1v) is 7.57. The van der Waals surface area contributed by atoms with Gasteiger partial charge in [-0.05, 0) is 60.6 Å². The van der Waals surface area contributed by atoms with Crippen molar-refractivity contribution >= 4 is 5.78 Å². The van der Waals surface area contributed by atoms with Crippen LogP contribution in [0.1, 0.15) is 47.1 Å². The van der Waals surface area contributed by atoms with E-state index in [0.717, 1.165) is 54.6 Å². The number of carbonyl (C=O) groups excluding carboxylic acids is 1. The number of halogens is 3. The Labute approximate surface area is 132 Å². The number of hydrogen-bond acceptors (Lipinski definition) is 2. The van der Waals surface area contributed by atoms with Gasteiger partial charge >= 0.3 is 6.18 Å². The lowest BCUT2D eigenvalue weighted by Gasteiger charge is -2.20. The minimum atomic E-state index is -4.35. The van der Waals surface area contributed by atoms with Gasteiger partial charge in [0.15, 0.2) is 5.78 Å². The maximum Gasteiger partial charge on any atom is 0.416 e. The van der Waals surface area contributed by atoms with Crippen LogP contribution in [0.15, 0.2) is 30.3 Å². The number of Topliss-reactive ketones (excluding diaryl/α,β-unsaturated/α-hetero) is 1. The van der Waals surface area contributed by atoms with Crippen LogP contribution in [0.25, 0.3) is 11.1 Å². The molecule has 120 valence electrons. The number of ketones is 1. The maximum absolute atomic E-state index is 12.7. The van der Waals surface area contributed by atoms with Crippen molar-refractivity contribution in [3.63, 3.8) is 0 Å². The summed E-state index contributed by atoms with van der Waals surface area (Å²) in [4.78, 5) is 16.1. The van der Waals surface area contributed by atoms with E-state index >= 15 is 0 Å². The Hall–Kier alpha value is -2.17. The van der Waals surface area contributed by atoms with E-state index in [-0.39, 0.29) is 5.78 Å². The molecule has 5 heteroatoms. The van der Waals surface area contributed by atoms with Gasteiger partial charge in [-0.25, -0.2) is 4.98 Å². The minimum absolute atomic E-state index is 0.133. The van der Waals surface area contributed by atoms with E-state index in [1.165, 1.54) is 19.1 Å². The van der Waals surface area contributed by atoms with E-state index < -0.39 is 11.7 Å². The van der Waals surface area contributed by atoms with Crippen LogP contribution in [0, 0.1) is 0 Å². The molecule has 0 aliphatic heterocycles. The zero-order valence-corrected chi connectivity index (χ0v) is 12.7. The smallest absolute Gasteiger partial charge is 0.293 e. The molecule has 0 atom stereocenters. The normalized spacial score (nSPS) is 14.4. The zero-order chi connectivity index (χ0) is 16.6. The molecule has 0 spiro atoms. The molecule has 1 aliphatic rings. The lowest BCUT2D eigenvalue weighted by atomic mass is 9.88. The predicted molar refractivity (Wildman–Crippen MR) is 81.3 cm³/mol. The van der Waals surface area contributed by atoms with Crippen molar-refractivity contribution in [1.29, 1.82) is 0 Å². The van der Waals surface area contributed by atoms with Gasteiger partial charge in [0, 0.05) is 12.6 Å². The van der Waals surface area contributed by atoms with Crippen molar-refractivity contribution in [2.24, 2.45) is 0 Å². The summed E-state index contributed by atoms with van der Waals surface area (Å²) in [6, 6.07) is 6.81. The van der Waals surface area contributed by atoms with Crippen molar-refractivity contribution in [3.8, 4) is 11.1 Å². The molecule has 0 N–H and O–H groups in total. The Morgan fingerprint density at radius 2 is 1.74 bits per heavy atom. The van der Waals surface area contributed by atoms with E-state index in [1.54, 1.807) is 6.07 Å². The van der Waals surface area contributed by atoms with Crippen molar-refractivity contribution in [1.82, 2.24) is 4.98 Å². The molecule has 23 heavy (non-hydrogen) atoms. The van der Waals surface area contributed by atoms with Crippen LogP contribution in [0.2, 0.25) is 0 Å². The summed E-state index contributed by atoms with van der Waals surface area (Å²) in [5, 5.41) is 0. The first-order chi connectivity index (χ1) is 10.9. The van der Waals surface area contributed by atoms with E-state index in [2.05, 4.69) is 4.98 Å². The summed E-state index contributed by atoms with van der Waals surface area (Å²) in [5.41, 5.74) is 3.19. The number of aromatic nitrogens is 1. The Morgan fingerprint density at radius 1 is 1.09 bits per heavy atom. The lowest BCUT2D eigenvalue weighted by molar-refractivity contribution is -0.137. The average Bonchev–Trinajstić information content (AvgIpc) is 2.53. The van der Waals surface area contributed by atoms with Crippen molar-refractivity contribution in [2.75, 3.05) is 0 Å². The van der Waals surface area contributed by atoms with E-state index in [1.807, 2.05) is 0 Å². The molecule has 1 heterocycles. The van der Waals surface area contributed by atoms with Crippen LogP contribution in [0.5, 0.6) is 0 Å². The quantitative estimate of drug-likeness (QED) is 0.741. The fraction of sp³-hybridized carbons (Fsp3) is 0.333. The molecule has 0 bridgehead atoms. The highest BCUT2D eigenvalue weighted by Gasteiger charge is 2.30. The monoisotopic (exact) mass is 319 g/mol. The first-order valence-electron chi connectivity index (χ1n) is 7.57. The van der Waals surface area contributed by atoms with Crippen molar-refractivity contribution < 1.29 is 18.0 Å². The minimum Gasteiger partial charge on any atom is -0.293 e. The largest absolute Gasteiger partial charge is 0.416 e. The first kappa shape index (κ1) is 15.7. The molecule has 3 rings (SSSR count). The van der Waals surface area contributed by atoms with Gasteiger partial charge in [0.25, 0.3) is 0 Å². The molecule has 0 saturated heterocycles. The van der Waals surface area contributed by atoms with Gasteiger partial charge in [0.2, 0.25) is 0 Å². The topological polar surface area (TPSA) is 30.0 Å². The molecule has 1 aliphatic carbocycles. The highest BCUT2D eigenvalue weighted by Crippen LogP contribution is 2.34. The third-order valence-electron chi connectivity index (χ3n) is 4.18. The van der Waals surface area contributed by atoms with E-state index in [4.69, 9.17) is 0 Å². The van der Waals surface area contributed by atoms with Crippen molar-refractivity contribution in [2.45, 2.75) is 38.8 Å². The second-order valence-corrected chi connectivity index (χ2v) is 5.82. The average molecular weight is 319 g/mol. The molecule has 2 aromatic rings. The molecular weight excluding hydrogens is 303 g/mol. The summed E-state index contributed by atoms with van der Waals surface area (Å²) in [6.45, 7) is 1.45. The molecule has 0 amide bonds. The Bertz CT molecular complexity index is 748. The van der Waals surface area contributed by atoms with Crippen LogP contribution in [0.4, 0.5) is 13.2 Å². The second kappa shape index (κ2) is 5.80. The number of benzene rings is 1. The molecule has 2 nitrogen and oxygen atoms in total. The Balaban J connectivity index is 2.11. The number of hydrogen-bond donors (Lipinski definition) is 0. The third kappa shape index (κ3) is 3.14. The van der Waals surface area contributed by atoms with Crippen LogP contribution < -0.4 is 0 Å². The van der Waals surface area contributed by atoms with Crippen LogP contribution >= 0.6 is 0 Å². The zero-order valence-electron chi connectivity index (χ0n) is 12.7. The summed E-state index contributed by atoms with van der Waals surface area (Å²) in [6.07, 6.45) is -0.642. The van der Waals surface area contributed by atoms with Gasteiger partial charge in [0.1, 0.15) is 5.69 Å². The SMILES string of the molecule is CC(=O)c1cc(-c2ccc(C(F)(F)F)cc2)c2c(n1)CCCC2. The van der Waals surface area contributed by atoms with Crippen LogP contribution in [-0.4, -0.2) is 10.8 Å². The fourth-order valence-corrected chi connectivity index (χ4v) is 2.98. The number of aryl methyl sites for hydroxylation is 1. The molecule has 1 aromatic carbocycles. The second-order valence-electron chi connectivity index (χ2n) is 5.82. The van der Waals surface area contributed by atoms with Gasteiger partial charge in [-0.3, -0.25) is 4.79 Å². The Kier molecular flexibility index (Phi) is 3.96. The van der Waals surface area contributed by atoms with Gasteiger partial charge in [-0.1, -0.05) is 12.1 Å². The molecule has 0 radical (unpaired) electrons. The summed E-state index contributed by atoms with van der Waals surface area (Å²) in [5.74, 6) is -0.133. The highest BCUT2D eigenvalue weighted by molar-refractivity contribution is 5.93. The summed E-state index contributed by atoms with van der Waals surface area (Å²) >= 11 is 0. The predicted octanol–water partition coefficient (Wildman–Crippen LogP) is 4.85. The Morgan fingerprint density at radius 3 is 2.35 bits per heavy atom. The summed E-state index contributed by atoms with van der Waals surface area (Å²) in [7, 11) is 0. The number of pyridine rings is 1. The van der Waals surface area contributed by atoms with E-state index in [9.17, 15) is 18.0 Å². The number of rotatable bonds is 2. The van der Waals surface area contributed by atoms with E-state index in [0.29, 0.717) is 11.3 Å². The molecular formula is C18H16F3NO.